The minimum Gasteiger partial charge on any atom is -0.504 e. The average Bonchev–Trinajstić information content (AvgIpc) is 2.93. The molecule has 0 aliphatic rings. The van der Waals surface area contributed by atoms with Crippen LogP contribution in [0.15, 0.2) is 41.3 Å². The lowest BCUT2D eigenvalue weighted by Gasteiger charge is -2.09. The van der Waals surface area contributed by atoms with Gasteiger partial charge in [0.05, 0.1) is 12.5 Å². The van der Waals surface area contributed by atoms with Crippen LogP contribution >= 0.6 is 15.9 Å². The van der Waals surface area contributed by atoms with E-state index in [1.807, 2.05) is 0 Å². The molecule has 4 aromatic heterocycles. The molecule has 0 aromatic carbocycles. The Balaban J connectivity index is 0.000000244. The standard InChI is InChI=1S/C12H13N3O3.C11H10BrN3O2.CH4O/c1-3-13-11(17)9-10(16)8-7(5-4-6-14-8)12(15-9)18-2;1-2-13-11(17)8-9(16)7-6(10(12)15-8)4-3-5-14-7;1-2/h4-6,16H,3H2,1-2H3,(H,13,17);3-5,16H,2H2,1H3,(H,13,17);2H,1H3. The van der Waals surface area contributed by atoms with Crippen LogP contribution in [0.2, 0.25) is 0 Å². The molecular weight excluding hydrogens is 548 g/mol. The second kappa shape index (κ2) is 13.8. The predicted octanol–water partition coefficient (Wildman–Crippen LogP) is 2.55. The van der Waals surface area contributed by atoms with Gasteiger partial charge in [-0.15, -0.1) is 0 Å². The number of ether oxygens (including phenoxy) is 1. The van der Waals surface area contributed by atoms with Crippen molar-refractivity contribution in [3.63, 3.8) is 0 Å². The molecule has 0 saturated heterocycles. The normalized spacial score (nSPS) is 10.0. The number of carbonyl (C=O) groups is 2. The highest BCUT2D eigenvalue weighted by atomic mass is 79.9. The Bertz CT molecular complexity index is 1400. The topological polar surface area (TPSA) is 180 Å². The zero-order valence-electron chi connectivity index (χ0n) is 20.6. The van der Waals surface area contributed by atoms with Crippen LogP contribution in [0.3, 0.4) is 0 Å². The molecule has 37 heavy (non-hydrogen) atoms. The van der Waals surface area contributed by atoms with Gasteiger partial charge >= 0.3 is 0 Å². The molecule has 4 rings (SSSR count). The summed E-state index contributed by atoms with van der Waals surface area (Å²) in [4.78, 5) is 39.6. The fourth-order valence-corrected chi connectivity index (χ4v) is 3.64. The van der Waals surface area contributed by atoms with Crippen molar-refractivity contribution >= 4 is 49.6 Å². The van der Waals surface area contributed by atoms with Crippen molar-refractivity contribution in [2.75, 3.05) is 27.3 Å². The number of methoxy groups -OCH3 is 1. The highest BCUT2D eigenvalue weighted by molar-refractivity contribution is 9.10. The van der Waals surface area contributed by atoms with E-state index in [0.717, 1.165) is 7.11 Å². The first-order chi connectivity index (χ1) is 17.8. The third-order valence-corrected chi connectivity index (χ3v) is 5.29. The molecule has 13 heteroatoms. The van der Waals surface area contributed by atoms with Crippen molar-refractivity contribution in [2.45, 2.75) is 13.8 Å². The van der Waals surface area contributed by atoms with E-state index in [4.69, 9.17) is 9.84 Å². The first-order valence-electron chi connectivity index (χ1n) is 11.0. The second-order valence-electron chi connectivity index (χ2n) is 6.94. The summed E-state index contributed by atoms with van der Waals surface area (Å²) < 4.78 is 5.59. The number of aliphatic hydroxyl groups is 1. The van der Waals surface area contributed by atoms with Crippen LogP contribution in [0.1, 0.15) is 34.8 Å². The molecule has 12 nitrogen and oxygen atoms in total. The molecule has 0 bridgehead atoms. The number of hydrogen-bond acceptors (Lipinski definition) is 10. The smallest absolute Gasteiger partial charge is 0.273 e. The largest absolute Gasteiger partial charge is 0.504 e. The van der Waals surface area contributed by atoms with Crippen LogP contribution in [0, 0.1) is 0 Å². The Kier molecular flexibility index (Phi) is 10.9. The van der Waals surface area contributed by atoms with E-state index in [9.17, 15) is 19.8 Å². The van der Waals surface area contributed by atoms with Crippen molar-refractivity contribution in [3.8, 4) is 17.4 Å². The van der Waals surface area contributed by atoms with Gasteiger partial charge in [0.15, 0.2) is 22.9 Å². The molecule has 0 unspecified atom stereocenters. The molecule has 0 saturated carbocycles. The number of fused-ring (bicyclic) bond motifs is 2. The van der Waals surface area contributed by atoms with Gasteiger partial charge in [0.25, 0.3) is 11.8 Å². The maximum absolute atomic E-state index is 11.8. The van der Waals surface area contributed by atoms with E-state index in [1.54, 1.807) is 44.3 Å². The Labute approximate surface area is 220 Å². The number of amides is 2. The van der Waals surface area contributed by atoms with Crippen molar-refractivity contribution in [1.82, 2.24) is 30.6 Å². The van der Waals surface area contributed by atoms with Gasteiger partial charge in [0, 0.05) is 38.0 Å². The van der Waals surface area contributed by atoms with E-state index >= 15 is 0 Å². The highest BCUT2D eigenvalue weighted by Gasteiger charge is 2.20. The van der Waals surface area contributed by atoms with E-state index in [1.165, 1.54) is 13.3 Å². The van der Waals surface area contributed by atoms with Crippen molar-refractivity contribution in [2.24, 2.45) is 0 Å². The summed E-state index contributed by atoms with van der Waals surface area (Å²) in [7, 11) is 2.45. The first kappa shape index (κ1) is 29.1. The number of hydrogen-bond donors (Lipinski definition) is 5. The molecule has 0 fully saturated rings. The molecule has 5 N–H and O–H groups in total. The summed E-state index contributed by atoms with van der Waals surface area (Å²) in [5.74, 6) is -1.05. The maximum atomic E-state index is 11.8. The molecular formula is C24H27BrN6O6. The van der Waals surface area contributed by atoms with Crippen LogP contribution in [-0.2, 0) is 0 Å². The van der Waals surface area contributed by atoms with Crippen LogP contribution in [0.4, 0.5) is 0 Å². The zero-order chi connectivity index (χ0) is 27.5. The van der Waals surface area contributed by atoms with Gasteiger partial charge in [-0.2, -0.15) is 0 Å². The fourth-order valence-electron chi connectivity index (χ4n) is 3.14. The minimum atomic E-state index is -0.458. The number of nitrogens with zero attached hydrogens (tertiary/aromatic N) is 4. The summed E-state index contributed by atoms with van der Waals surface area (Å²) in [5, 5.41) is 33.4. The van der Waals surface area contributed by atoms with Gasteiger partial charge in [-0.3, -0.25) is 19.6 Å². The molecule has 4 aromatic rings. The molecule has 196 valence electrons. The number of halogens is 1. The van der Waals surface area contributed by atoms with Crippen molar-refractivity contribution < 1.29 is 29.6 Å². The maximum Gasteiger partial charge on any atom is 0.273 e. The molecule has 0 spiro atoms. The molecule has 0 aliphatic heterocycles. The Morgan fingerprint density at radius 2 is 1.32 bits per heavy atom. The van der Waals surface area contributed by atoms with E-state index in [0.29, 0.717) is 39.5 Å². The van der Waals surface area contributed by atoms with Gasteiger partial charge in [0.1, 0.15) is 15.6 Å². The summed E-state index contributed by atoms with van der Waals surface area (Å²) >= 11 is 3.26. The van der Waals surface area contributed by atoms with Gasteiger partial charge in [0.2, 0.25) is 5.88 Å². The number of aliphatic hydroxyl groups excluding tert-OH is 1. The highest BCUT2D eigenvalue weighted by Crippen LogP contribution is 2.32. The van der Waals surface area contributed by atoms with E-state index in [-0.39, 0.29) is 28.8 Å². The summed E-state index contributed by atoms with van der Waals surface area (Å²) in [6.07, 6.45) is 3.08. The second-order valence-corrected chi connectivity index (χ2v) is 7.69. The number of nitrogens with one attached hydrogen (secondary N) is 2. The molecule has 0 atom stereocenters. The molecule has 4 heterocycles. The van der Waals surface area contributed by atoms with Crippen LogP contribution in [0.25, 0.3) is 21.8 Å². The Morgan fingerprint density at radius 1 is 0.865 bits per heavy atom. The average molecular weight is 575 g/mol. The van der Waals surface area contributed by atoms with Crippen LogP contribution in [-0.4, -0.2) is 74.4 Å². The lowest BCUT2D eigenvalue weighted by Crippen LogP contribution is -2.24. The van der Waals surface area contributed by atoms with Gasteiger partial charge < -0.3 is 30.7 Å². The summed E-state index contributed by atoms with van der Waals surface area (Å²) in [6.45, 7) is 4.50. The molecule has 0 radical (unpaired) electrons. The van der Waals surface area contributed by atoms with Crippen LogP contribution < -0.4 is 15.4 Å². The van der Waals surface area contributed by atoms with Gasteiger partial charge in [-0.25, -0.2) is 9.97 Å². The Morgan fingerprint density at radius 3 is 1.81 bits per heavy atom. The quantitative estimate of drug-likeness (QED) is 0.222. The van der Waals surface area contributed by atoms with Crippen molar-refractivity contribution in [3.05, 3.63) is 52.7 Å². The monoisotopic (exact) mass is 574 g/mol. The Hall–Kier alpha value is -4.10. The first-order valence-corrected chi connectivity index (χ1v) is 11.8. The number of pyridine rings is 4. The molecule has 2 amide bonds. The summed E-state index contributed by atoms with van der Waals surface area (Å²) in [6, 6.07) is 6.92. The SMILES string of the molecule is CCNC(=O)c1nc(Br)c2cccnc2c1O.CCNC(=O)c1nc(OC)c2cccnc2c1O.CO. The van der Waals surface area contributed by atoms with E-state index in [2.05, 4.69) is 46.5 Å². The summed E-state index contributed by atoms with van der Waals surface area (Å²) in [5.41, 5.74) is 0.547. The predicted molar refractivity (Wildman–Crippen MR) is 141 cm³/mol. The van der Waals surface area contributed by atoms with Crippen LogP contribution in [0.5, 0.6) is 17.4 Å². The minimum absolute atomic E-state index is 0.0232. The lowest BCUT2D eigenvalue weighted by molar-refractivity contribution is 0.0939. The third-order valence-electron chi connectivity index (χ3n) is 4.69. The molecule has 0 aliphatic carbocycles. The number of aromatic nitrogens is 4. The number of rotatable bonds is 5. The number of carbonyl (C=O) groups excluding carboxylic acids is 2. The van der Waals surface area contributed by atoms with Gasteiger partial charge in [-0.05, 0) is 54.0 Å². The zero-order valence-corrected chi connectivity index (χ0v) is 22.2. The fraction of sp³-hybridized carbons (Fsp3) is 0.250. The third kappa shape index (κ3) is 6.57. The van der Waals surface area contributed by atoms with Crippen molar-refractivity contribution in [1.29, 1.82) is 0 Å². The lowest BCUT2D eigenvalue weighted by atomic mass is 10.2. The van der Waals surface area contributed by atoms with E-state index < -0.39 is 11.8 Å². The number of aromatic hydroxyl groups is 2. The van der Waals surface area contributed by atoms with Gasteiger partial charge in [-0.1, -0.05) is 0 Å².